The number of hydrogen-bond donors (Lipinski definition) is 1. The Morgan fingerprint density at radius 2 is 1.74 bits per heavy atom. The quantitative estimate of drug-likeness (QED) is 0.608. The second-order valence-corrected chi connectivity index (χ2v) is 8.98. The zero-order valence-electron chi connectivity index (χ0n) is 19.1. The Balaban J connectivity index is 0.000000429. The Bertz CT molecular complexity index is 955. The van der Waals surface area contributed by atoms with Gasteiger partial charge in [-0.15, -0.1) is 0 Å². The number of benzene rings is 1. The van der Waals surface area contributed by atoms with Gasteiger partial charge in [-0.05, 0) is 43.9 Å². The van der Waals surface area contributed by atoms with Crippen LogP contribution in [0.15, 0.2) is 36.7 Å². The number of hydrogen-bond acceptors (Lipinski definition) is 6. The number of anilines is 1. The van der Waals surface area contributed by atoms with Gasteiger partial charge in [0.2, 0.25) is 5.95 Å². The monoisotopic (exact) mass is 518 g/mol. The van der Waals surface area contributed by atoms with Crippen molar-refractivity contribution in [2.24, 2.45) is 0 Å². The van der Waals surface area contributed by atoms with Crippen molar-refractivity contribution in [3.05, 3.63) is 53.1 Å². The Morgan fingerprint density at radius 1 is 1.17 bits per heavy atom. The minimum absolute atomic E-state index is 0.250. The fourth-order valence-corrected chi connectivity index (χ4v) is 4.38. The molecule has 0 saturated carbocycles. The zero-order chi connectivity index (χ0) is 25.6. The lowest BCUT2D eigenvalue weighted by Crippen LogP contribution is -2.56. The molecule has 1 aromatic carbocycles. The summed E-state index contributed by atoms with van der Waals surface area (Å²) in [6, 6.07) is 9.00. The van der Waals surface area contributed by atoms with Crippen LogP contribution < -0.4 is 4.90 Å². The van der Waals surface area contributed by atoms with E-state index in [4.69, 9.17) is 26.2 Å². The van der Waals surface area contributed by atoms with Crippen LogP contribution in [0.5, 0.6) is 0 Å². The molecular weight excluding hydrogens is 492 g/mol. The zero-order valence-corrected chi connectivity index (χ0v) is 19.8. The molecule has 0 radical (unpaired) electrons. The minimum atomic E-state index is -5.08. The van der Waals surface area contributed by atoms with Gasteiger partial charge in [0, 0.05) is 36.7 Å². The second kappa shape index (κ2) is 12.0. The molecular formula is C23H27ClF4N4O3. The number of aliphatic carboxylic acids is 1. The summed E-state index contributed by atoms with van der Waals surface area (Å²) in [7, 11) is 0. The van der Waals surface area contributed by atoms with Crippen molar-refractivity contribution in [1.29, 1.82) is 0 Å². The topological polar surface area (TPSA) is 78.8 Å². The average Bonchev–Trinajstić information content (AvgIpc) is 2.82. The Hall–Kier alpha value is -2.50. The smallest absolute Gasteiger partial charge is 0.475 e. The highest BCUT2D eigenvalue weighted by Gasteiger charge is 2.38. The lowest BCUT2D eigenvalue weighted by molar-refractivity contribution is -0.192. The molecule has 1 N–H and O–H groups in total. The summed E-state index contributed by atoms with van der Waals surface area (Å²) in [5.41, 5.74) is 1.29. The van der Waals surface area contributed by atoms with E-state index in [1.165, 1.54) is 18.0 Å². The van der Waals surface area contributed by atoms with Gasteiger partial charge in [0.25, 0.3) is 0 Å². The first kappa shape index (κ1) is 27.1. The fraction of sp³-hybridized carbons (Fsp3) is 0.522. The third-order valence-corrected chi connectivity index (χ3v) is 6.21. The number of carboxylic acid groups (broad SMARTS) is 1. The van der Waals surface area contributed by atoms with Gasteiger partial charge < -0.3 is 14.7 Å². The number of aromatic nitrogens is 2. The van der Waals surface area contributed by atoms with Crippen LogP contribution in [0.25, 0.3) is 0 Å². The molecule has 2 atom stereocenters. The number of morpholine rings is 1. The largest absolute Gasteiger partial charge is 0.490 e. The van der Waals surface area contributed by atoms with E-state index < -0.39 is 18.0 Å². The van der Waals surface area contributed by atoms with Gasteiger partial charge in [-0.2, -0.15) is 13.2 Å². The van der Waals surface area contributed by atoms with Crippen LogP contribution in [0.2, 0.25) is 5.02 Å². The van der Waals surface area contributed by atoms with E-state index in [0.717, 1.165) is 50.5 Å². The average molecular weight is 519 g/mol. The molecule has 0 amide bonds. The molecule has 2 fully saturated rings. The molecule has 0 unspecified atom stereocenters. The summed E-state index contributed by atoms with van der Waals surface area (Å²) < 4.78 is 50.8. The van der Waals surface area contributed by atoms with Crippen molar-refractivity contribution >= 4 is 23.5 Å². The van der Waals surface area contributed by atoms with Gasteiger partial charge in [-0.1, -0.05) is 23.7 Å². The summed E-state index contributed by atoms with van der Waals surface area (Å²) in [4.78, 5) is 21.9. The van der Waals surface area contributed by atoms with E-state index in [2.05, 4.69) is 38.8 Å². The Morgan fingerprint density at radius 3 is 2.29 bits per heavy atom. The standard InChI is InChI=1S/C21H26ClFN4O.C2HF3O2/c1-15-13-27(20(14-28-15)10-16-2-4-17(22)5-3-16)19-6-8-26(9-7-19)21-24-11-18(23)12-25-21;3-2(4,5)1(6)7/h2-5,11-12,15,19-20H,6-10,13-14H2,1H3;(H,6,7)/t15-,20-;/m0./s1. The molecule has 4 rings (SSSR count). The van der Waals surface area contributed by atoms with Crippen molar-refractivity contribution < 1.29 is 32.2 Å². The predicted octanol–water partition coefficient (Wildman–Crippen LogP) is 4.20. The Labute approximate surface area is 205 Å². The van der Waals surface area contributed by atoms with E-state index in [0.29, 0.717) is 18.0 Å². The third-order valence-electron chi connectivity index (χ3n) is 5.96. The molecule has 2 aromatic rings. The number of alkyl halides is 3. The highest BCUT2D eigenvalue weighted by Crippen LogP contribution is 2.26. The molecule has 192 valence electrons. The maximum Gasteiger partial charge on any atom is 0.490 e. The third kappa shape index (κ3) is 8.01. The van der Waals surface area contributed by atoms with Gasteiger partial charge in [0.15, 0.2) is 5.82 Å². The molecule has 2 aliphatic heterocycles. The molecule has 7 nitrogen and oxygen atoms in total. The SMILES string of the molecule is C[C@H]1CN(C2CCN(c3ncc(F)cn3)CC2)[C@@H](Cc2ccc(Cl)cc2)CO1.O=C(O)C(F)(F)F. The normalized spacial score (nSPS) is 21.8. The number of halogens is 5. The summed E-state index contributed by atoms with van der Waals surface area (Å²) in [6.45, 7) is 5.62. The second-order valence-electron chi connectivity index (χ2n) is 8.55. The number of nitrogens with zero attached hydrogens (tertiary/aromatic N) is 4. The van der Waals surface area contributed by atoms with Crippen LogP contribution in [0.3, 0.4) is 0 Å². The lowest BCUT2D eigenvalue weighted by atomic mass is 9.96. The van der Waals surface area contributed by atoms with E-state index in [9.17, 15) is 17.6 Å². The molecule has 2 saturated heterocycles. The first-order valence-corrected chi connectivity index (χ1v) is 11.5. The molecule has 35 heavy (non-hydrogen) atoms. The van der Waals surface area contributed by atoms with Gasteiger partial charge in [0.1, 0.15) is 0 Å². The van der Waals surface area contributed by atoms with E-state index >= 15 is 0 Å². The minimum Gasteiger partial charge on any atom is -0.475 e. The maximum atomic E-state index is 13.1. The van der Waals surface area contributed by atoms with Crippen LogP contribution in [-0.4, -0.2) is 76.5 Å². The van der Waals surface area contributed by atoms with Crippen LogP contribution in [0, 0.1) is 5.82 Å². The first-order chi connectivity index (χ1) is 16.5. The highest BCUT2D eigenvalue weighted by molar-refractivity contribution is 6.30. The lowest BCUT2D eigenvalue weighted by Gasteiger charge is -2.46. The fourth-order valence-electron chi connectivity index (χ4n) is 4.25. The van der Waals surface area contributed by atoms with Gasteiger partial charge >= 0.3 is 12.1 Å². The molecule has 3 heterocycles. The summed E-state index contributed by atoms with van der Waals surface area (Å²) in [5.74, 6) is -2.54. The van der Waals surface area contributed by atoms with E-state index in [1.54, 1.807) is 0 Å². The van der Waals surface area contributed by atoms with Crippen LogP contribution in [0.1, 0.15) is 25.3 Å². The van der Waals surface area contributed by atoms with Crippen molar-refractivity contribution in [2.75, 3.05) is 31.1 Å². The molecule has 12 heteroatoms. The molecule has 0 spiro atoms. The first-order valence-electron chi connectivity index (χ1n) is 11.2. The van der Waals surface area contributed by atoms with Crippen molar-refractivity contribution in [1.82, 2.24) is 14.9 Å². The molecule has 1 aromatic heterocycles. The van der Waals surface area contributed by atoms with Crippen molar-refractivity contribution in [3.8, 4) is 0 Å². The number of ether oxygens (including phenoxy) is 1. The highest BCUT2D eigenvalue weighted by atomic mass is 35.5. The van der Waals surface area contributed by atoms with Crippen molar-refractivity contribution in [3.63, 3.8) is 0 Å². The van der Waals surface area contributed by atoms with Gasteiger partial charge in [-0.25, -0.2) is 19.2 Å². The van der Waals surface area contributed by atoms with E-state index in [1.807, 2.05) is 12.1 Å². The number of carbonyl (C=O) groups is 1. The summed E-state index contributed by atoms with van der Waals surface area (Å²) in [6.07, 6.45) is 0.695. The number of rotatable bonds is 4. The maximum absolute atomic E-state index is 13.1. The number of piperidine rings is 1. The van der Waals surface area contributed by atoms with Crippen LogP contribution in [0.4, 0.5) is 23.5 Å². The molecule has 0 aliphatic carbocycles. The predicted molar refractivity (Wildman–Crippen MR) is 122 cm³/mol. The summed E-state index contributed by atoms with van der Waals surface area (Å²) in [5, 5.41) is 7.89. The van der Waals surface area contributed by atoms with Gasteiger partial charge in [0.05, 0.1) is 25.1 Å². The van der Waals surface area contributed by atoms with Gasteiger partial charge in [-0.3, -0.25) is 4.90 Å². The van der Waals surface area contributed by atoms with E-state index in [-0.39, 0.29) is 6.10 Å². The summed E-state index contributed by atoms with van der Waals surface area (Å²) >= 11 is 6.03. The molecule has 2 aliphatic rings. The van der Waals surface area contributed by atoms with Crippen LogP contribution >= 0.6 is 11.6 Å². The van der Waals surface area contributed by atoms with Crippen LogP contribution in [-0.2, 0) is 16.0 Å². The van der Waals surface area contributed by atoms with Crippen molar-refractivity contribution in [2.45, 2.75) is 50.6 Å². The Kier molecular flexibility index (Phi) is 9.26. The number of carboxylic acids is 1. The molecule has 0 bridgehead atoms.